The summed E-state index contributed by atoms with van der Waals surface area (Å²) in [7, 11) is 0. The van der Waals surface area contributed by atoms with Crippen LogP contribution < -0.4 is 0 Å². The van der Waals surface area contributed by atoms with Crippen molar-refractivity contribution in [1.29, 1.82) is 0 Å². The molecule has 3 nitrogen and oxygen atoms in total. The van der Waals surface area contributed by atoms with E-state index >= 15 is 0 Å². The van der Waals surface area contributed by atoms with Crippen LogP contribution in [0.15, 0.2) is 45.5 Å². The molecule has 0 bridgehead atoms. The van der Waals surface area contributed by atoms with Crippen LogP contribution in [0.3, 0.4) is 0 Å². The number of nitrogens with zero attached hydrogens (tertiary/aromatic N) is 2. The van der Waals surface area contributed by atoms with Gasteiger partial charge in [0.25, 0.3) is 0 Å². The number of nitrogens with one attached hydrogen (secondary N) is 1. The molecular weight excluding hydrogens is 358 g/mol. The maximum Gasteiger partial charge on any atom is 0.143 e. The predicted octanol–water partition coefficient (Wildman–Crippen LogP) is 4.49. The van der Waals surface area contributed by atoms with E-state index in [1.54, 1.807) is 0 Å². The van der Waals surface area contributed by atoms with Gasteiger partial charge in [-0.3, -0.25) is 4.40 Å². The standard InChI is InChI=1S/C13H7Br2N3/c14-7-5-8(15)11-9(6-7)16-13-12(11)17-10-3-1-2-4-18(10)13/h1-6,16H. The van der Waals surface area contributed by atoms with Crippen LogP contribution >= 0.6 is 31.9 Å². The lowest BCUT2D eigenvalue weighted by Gasteiger charge is -1.96. The molecule has 88 valence electrons. The van der Waals surface area contributed by atoms with Crippen LogP contribution in [0.25, 0.3) is 27.7 Å². The van der Waals surface area contributed by atoms with Gasteiger partial charge >= 0.3 is 0 Å². The van der Waals surface area contributed by atoms with Gasteiger partial charge in [-0.15, -0.1) is 0 Å². The summed E-state index contributed by atoms with van der Waals surface area (Å²) in [5.41, 5.74) is 4.05. The highest BCUT2D eigenvalue weighted by molar-refractivity contribution is 9.11. The fraction of sp³-hybridized carbons (Fsp3) is 0. The molecule has 1 aromatic carbocycles. The van der Waals surface area contributed by atoms with Gasteiger partial charge in [0.15, 0.2) is 0 Å². The molecule has 1 N–H and O–H groups in total. The highest BCUT2D eigenvalue weighted by Gasteiger charge is 2.13. The first-order valence-electron chi connectivity index (χ1n) is 5.47. The van der Waals surface area contributed by atoms with E-state index in [-0.39, 0.29) is 0 Å². The van der Waals surface area contributed by atoms with Crippen molar-refractivity contribution in [1.82, 2.24) is 14.4 Å². The van der Waals surface area contributed by atoms with Gasteiger partial charge in [-0.25, -0.2) is 4.98 Å². The monoisotopic (exact) mass is 363 g/mol. The molecule has 0 fully saturated rings. The summed E-state index contributed by atoms with van der Waals surface area (Å²) < 4.78 is 4.15. The first kappa shape index (κ1) is 10.6. The molecule has 0 aliphatic heterocycles. The Morgan fingerprint density at radius 1 is 1.17 bits per heavy atom. The molecule has 4 rings (SSSR count). The highest BCUT2D eigenvalue weighted by atomic mass is 79.9. The molecule has 18 heavy (non-hydrogen) atoms. The van der Waals surface area contributed by atoms with Crippen LogP contribution in [0, 0.1) is 0 Å². The van der Waals surface area contributed by atoms with E-state index < -0.39 is 0 Å². The molecule has 0 amide bonds. The third-order valence-corrected chi connectivity index (χ3v) is 4.16. The Morgan fingerprint density at radius 2 is 2.06 bits per heavy atom. The normalized spacial score (nSPS) is 11.9. The quantitative estimate of drug-likeness (QED) is 0.489. The zero-order valence-corrected chi connectivity index (χ0v) is 12.3. The van der Waals surface area contributed by atoms with E-state index in [0.29, 0.717) is 0 Å². The predicted molar refractivity (Wildman–Crippen MR) is 80.0 cm³/mol. The minimum atomic E-state index is 0.954. The molecule has 3 aromatic heterocycles. The molecule has 0 saturated carbocycles. The maximum absolute atomic E-state index is 4.68. The number of imidazole rings is 1. The van der Waals surface area contributed by atoms with E-state index in [9.17, 15) is 0 Å². The second kappa shape index (κ2) is 3.59. The van der Waals surface area contributed by atoms with E-state index in [1.165, 1.54) is 0 Å². The number of benzene rings is 1. The van der Waals surface area contributed by atoms with E-state index in [4.69, 9.17) is 0 Å². The number of aromatic nitrogens is 3. The average Bonchev–Trinajstić information content (AvgIpc) is 2.83. The lowest BCUT2D eigenvalue weighted by molar-refractivity contribution is 1.20. The fourth-order valence-corrected chi connectivity index (χ4v) is 3.74. The number of fused-ring (bicyclic) bond motifs is 5. The lowest BCUT2D eigenvalue weighted by Crippen LogP contribution is -1.82. The third kappa shape index (κ3) is 1.31. The van der Waals surface area contributed by atoms with Crippen LogP contribution in [0.5, 0.6) is 0 Å². The van der Waals surface area contributed by atoms with Crippen molar-refractivity contribution in [3.8, 4) is 0 Å². The molecule has 0 spiro atoms. The number of hydrogen-bond donors (Lipinski definition) is 1. The summed E-state index contributed by atoms with van der Waals surface area (Å²) >= 11 is 7.11. The van der Waals surface area contributed by atoms with Gasteiger partial charge in [-0.05, 0) is 40.2 Å². The van der Waals surface area contributed by atoms with Crippen molar-refractivity contribution >= 4 is 59.6 Å². The minimum absolute atomic E-state index is 0.954. The Kier molecular flexibility index (Phi) is 2.11. The third-order valence-electron chi connectivity index (χ3n) is 3.07. The summed E-state index contributed by atoms with van der Waals surface area (Å²) in [4.78, 5) is 8.10. The molecule has 0 radical (unpaired) electrons. The molecule has 5 heteroatoms. The van der Waals surface area contributed by atoms with Gasteiger partial charge in [0, 0.05) is 20.5 Å². The SMILES string of the molecule is Brc1cc(Br)c2c(c1)[nH]c1c2nc2ccccn21. The van der Waals surface area contributed by atoms with Crippen LogP contribution in [-0.4, -0.2) is 14.4 Å². The molecule has 0 aliphatic carbocycles. The largest absolute Gasteiger partial charge is 0.339 e. The molecule has 0 unspecified atom stereocenters. The van der Waals surface area contributed by atoms with Crippen LogP contribution in [0.4, 0.5) is 0 Å². The Labute approximate surface area is 119 Å². The molecule has 3 heterocycles. The Balaban J connectivity index is 2.31. The second-order valence-corrected chi connectivity index (χ2v) is 5.94. The van der Waals surface area contributed by atoms with Crippen molar-refractivity contribution in [2.45, 2.75) is 0 Å². The van der Waals surface area contributed by atoms with Gasteiger partial charge in [0.1, 0.15) is 16.8 Å². The van der Waals surface area contributed by atoms with Crippen LogP contribution in [0.2, 0.25) is 0 Å². The zero-order chi connectivity index (χ0) is 12.3. The second-order valence-electron chi connectivity index (χ2n) is 4.17. The van der Waals surface area contributed by atoms with Crippen LogP contribution in [0.1, 0.15) is 0 Å². The average molecular weight is 365 g/mol. The number of halogens is 2. The zero-order valence-electron chi connectivity index (χ0n) is 9.11. The first-order valence-corrected chi connectivity index (χ1v) is 7.06. The Morgan fingerprint density at radius 3 is 2.94 bits per heavy atom. The first-order chi connectivity index (χ1) is 8.74. The Bertz CT molecular complexity index is 905. The number of rotatable bonds is 0. The summed E-state index contributed by atoms with van der Waals surface area (Å²) in [6.45, 7) is 0. The van der Waals surface area contributed by atoms with E-state index in [2.05, 4.69) is 52.3 Å². The van der Waals surface area contributed by atoms with Gasteiger partial charge < -0.3 is 4.98 Å². The smallest absolute Gasteiger partial charge is 0.143 e. The van der Waals surface area contributed by atoms with Gasteiger partial charge in [0.05, 0.1) is 5.52 Å². The van der Waals surface area contributed by atoms with Crippen LogP contribution in [-0.2, 0) is 0 Å². The molecule has 4 aromatic rings. The Hall–Kier alpha value is -1.33. The van der Waals surface area contributed by atoms with Gasteiger partial charge in [-0.1, -0.05) is 22.0 Å². The topological polar surface area (TPSA) is 33.1 Å². The number of aromatic amines is 1. The maximum atomic E-state index is 4.68. The fourth-order valence-electron chi connectivity index (χ4n) is 2.33. The molecule has 0 aliphatic rings. The van der Waals surface area contributed by atoms with Crippen molar-refractivity contribution in [2.24, 2.45) is 0 Å². The van der Waals surface area contributed by atoms with Crippen molar-refractivity contribution < 1.29 is 0 Å². The van der Waals surface area contributed by atoms with Crippen molar-refractivity contribution in [2.75, 3.05) is 0 Å². The lowest BCUT2D eigenvalue weighted by atomic mass is 10.2. The van der Waals surface area contributed by atoms with E-state index in [0.717, 1.165) is 36.7 Å². The summed E-state index contributed by atoms with van der Waals surface area (Å²) in [5.74, 6) is 0. The van der Waals surface area contributed by atoms with E-state index in [1.807, 2.05) is 30.5 Å². The highest BCUT2D eigenvalue weighted by Crippen LogP contribution is 2.34. The summed E-state index contributed by atoms with van der Waals surface area (Å²) in [5, 5.41) is 1.12. The van der Waals surface area contributed by atoms with Crippen molar-refractivity contribution in [3.05, 3.63) is 45.5 Å². The molecule has 0 saturated heterocycles. The number of H-pyrrole nitrogens is 1. The minimum Gasteiger partial charge on any atom is -0.339 e. The molecular formula is C13H7Br2N3. The number of pyridine rings is 1. The van der Waals surface area contributed by atoms with Crippen molar-refractivity contribution in [3.63, 3.8) is 0 Å². The molecule has 0 atom stereocenters. The van der Waals surface area contributed by atoms with Gasteiger partial charge in [0.2, 0.25) is 0 Å². The number of hydrogen-bond acceptors (Lipinski definition) is 1. The summed E-state index contributed by atoms with van der Waals surface area (Å²) in [6, 6.07) is 10.1. The van der Waals surface area contributed by atoms with Gasteiger partial charge in [-0.2, -0.15) is 0 Å². The summed E-state index contributed by atoms with van der Waals surface area (Å²) in [6.07, 6.45) is 2.02.